The van der Waals surface area contributed by atoms with Crippen LogP contribution in [0.2, 0.25) is 0 Å². The number of hydrogen-bond donors (Lipinski definition) is 1. The minimum absolute atomic E-state index is 0.434. The van der Waals surface area contributed by atoms with E-state index in [1.54, 1.807) is 0 Å². The van der Waals surface area contributed by atoms with Gasteiger partial charge in [-0.15, -0.1) is 0 Å². The molecule has 1 aliphatic rings. The Kier molecular flexibility index (Phi) is 2.50. The van der Waals surface area contributed by atoms with Crippen LogP contribution in [0.3, 0.4) is 0 Å². The lowest BCUT2D eigenvalue weighted by atomic mass is 10.2. The van der Waals surface area contributed by atoms with Crippen LogP contribution in [0.15, 0.2) is 5.10 Å². The Labute approximate surface area is 90.4 Å². The summed E-state index contributed by atoms with van der Waals surface area (Å²) in [5.41, 5.74) is 5.23. The number of fused-ring (bicyclic) bond motifs is 1. The standard InChI is InChI=1S/C11H18N4/c1-7(2)11-14-9-5-12-13-6-10(9)15(11)8(3)4/h6-8,12H,5H2,1-4H3. The van der Waals surface area contributed by atoms with Crippen molar-refractivity contribution in [2.45, 2.75) is 46.2 Å². The lowest BCUT2D eigenvalue weighted by molar-refractivity contribution is 0.546. The number of aromatic nitrogens is 2. The second-order valence-corrected chi connectivity index (χ2v) is 4.51. The summed E-state index contributed by atoms with van der Waals surface area (Å²) in [7, 11) is 0. The predicted molar refractivity (Wildman–Crippen MR) is 61.1 cm³/mol. The summed E-state index contributed by atoms with van der Waals surface area (Å²) in [6.45, 7) is 9.47. The fourth-order valence-corrected chi connectivity index (χ4v) is 1.96. The summed E-state index contributed by atoms with van der Waals surface area (Å²) in [6.07, 6.45) is 1.87. The van der Waals surface area contributed by atoms with E-state index in [-0.39, 0.29) is 0 Å². The van der Waals surface area contributed by atoms with Crippen molar-refractivity contribution in [2.24, 2.45) is 5.10 Å². The van der Waals surface area contributed by atoms with Crippen LogP contribution in [0.5, 0.6) is 0 Å². The van der Waals surface area contributed by atoms with Gasteiger partial charge in [-0.2, -0.15) is 5.10 Å². The van der Waals surface area contributed by atoms with E-state index in [0.717, 1.165) is 23.8 Å². The Morgan fingerprint density at radius 1 is 1.33 bits per heavy atom. The van der Waals surface area contributed by atoms with Crippen molar-refractivity contribution in [2.75, 3.05) is 0 Å². The molecular weight excluding hydrogens is 188 g/mol. The van der Waals surface area contributed by atoms with Crippen LogP contribution < -0.4 is 5.43 Å². The maximum absolute atomic E-state index is 4.68. The monoisotopic (exact) mass is 206 g/mol. The lowest BCUT2D eigenvalue weighted by Crippen LogP contribution is -2.17. The third kappa shape index (κ3) is 1.64. The van der Waals surface area contributed by atoms with Crippen LogP contribution in [-0.2, 0) is 6.54 Å². The lowest BCUT2D eigenvalue weighted by Gasteiger charge is -2.16. The molecule has 2 heterocycles. The number of nitrogens with zero attached hydrogens (tertiary/aromatic N) is 3. The van der Waals surface area contributed by atoms with Crippen molar-refractivity contribution in [3.8, 4) is 0 Å². The van der Waals surface area contributed by atoms with Gasteiger partial charge >= 0.3 is 0 Å². The fraction of sp³-hybridized carbons (Fsp3) is 0.636. The van der Waals surface area contributed by atoms with Gasteiger partial charge in [0.1, 0.15) is 5.82 Å². The van der Waals surface area contributed by atoms with Gasteiger partial charge in [0.15, 0.2) is 0 Å². The largest absolute Gasteiger partial charge is 0.324 e. The molecule has 1 N–H and O–H groups in total. The van der Waals surface area contributed by atoms with E-state index in [0.29, 0.717) is 12.0 Å². The van der Waals surface area contributed by atoms with Gasteiger partial charge in [0, 0.05) is 12.0 Å². The van der Waals surface area contributed by atoms with Gasteiger partial charge in [0.2, 0.25) is 0 Å². The minimum Gasteiger partial charge on any atom is -0.324 e. The van der Waals surface area contributed by atoms with E-state index in [1.165, 1.54) is 0 Å². The molecule has 1 aliphatic heterocycles. The normalized spacial score (nSPS) is 14.5. The zero-order valence-corrected chi connectivity index (χ0v) is 9.78. The van der Waals surface area contributed by atoms with E-state index < -0.39 is 0 Å². The molecule has 0 spiro atoms. The third-order valence-electron chi connectivity index (χ3n) is 2.61. The fourth-order valence-electron chi connectivity index (χ4n) is 1.96. The van der Waals surface area contributed by atoms with Gasteiger partial charge in [0.25, 0.3) is 0 Å². The van der Waals surface area contributed by atoms with E-state index in [4.69, 9.17) is 0 Å². The van der Waals surface area contributed by atoms with E-state index >= 15 is 0 Å². The highest BCUT2D eigenvalue weighted by Crippen LogP contribution is 2.23. The first-order valence-corrected chi connectivity index (χ1v) is 5.48. The maximum Gasteiger partial charge on any atom is 0.112 e. The van der Waals surface area contributed by atoms with Gasteiger partial charge in [-0.25, -0.2) is 4.98 Å². The Hall–Kier alpha value is -1.32. The average molecular weight is 206 g/mol. The summed E-state index contributed by atoms with van der Waals surface area (Å²) in [5, 5.41) is 4.10. The van der Waals surface area contributed by atoms with Gasteiger partial charge < -0.3 is 9.99 Å². The first-order valence-electron chi connectivity index (χ1n) is 5.48. The molecule has 15 heavy (non-hydrogen) atoms. The molecule has 0 atom stereocenters. The van der Waals surface area contributed by atoms with E-state index in [1.807, 2.05) is 6.21 Å². The molecule has 1 aromatic heterocycles. The molecule has 0 saturated heterocycles. The SMILES string of the molecule is CC(C)c1nc2c(n1C(C)C)C=NNC2. The molecule has 0 fully saturated rings. The minimum atomic E-state index is 0.434. The Morgan fingerprint density at radius 3 is 2.67 bits per heavy atom. The number of imidazole rings is 1. The molecule has 0 unspecified atom stereocenters. The van der Waals surface area contributed by atoms with Crippen LogP contribution in [0.25, 0.3) is 0 Å². The predicted octanol–water partition coefficient (Wildman–Crippen LogP) is 2.02. The topological polar surface area (TPSA) is 42.2 Å². The summed E-state index contributed by atoms with van der Waals surface area (Å²) in [6, 6.07) is 0.434. The van der Waals surface area contributed by atoms with Crippen molar-refractivity contribution >= 4 is 6.21 Å². The second-order valence-electron chi connectivity index (χ2n) is 4.51. The average Bonchev–Trinajstić information content (AvgIpc) is 2.56. The van der Waals surface area contributed by atoms with Crippen LogP contribution in [0.1, 0.15) is 56.9 Å². The molecule has 0 aliphatic carbocycles. The van der Waals surface area contributed by atoms with Gasteiger partial charge in [-0.05, 0) is 13.8 Å². The Bertz CT molecular complexity index is 388. The van der Waals surface area contributed by atoms with Gasteiger partial charge in [-0.1, -0.05) is 13.8 Å². The summed E-state index contributed by atoms with van der Waals surface area (Å²) < 4.78 is 2.28. The smallest absolute Gasteiger partial charge is 0.112 e. The molecule has 2 rings (SSSR count). The van der Waals surface area contributed by atoms with Crippen LogP contribution >= 0.6 is 0 Å². The molecule has 0 saturated carbocycles. The molecule has 4 heteroatoms. The summed E-state index contributed by atoms with van der Waals surface area (Å²) in [4.78, 5) is 4.68. The number of hydrazone groups is 1. The summed E-state index contributed by atoms with van der Waals surface area (Å²) in [5.74, 6) is 1.61. The first-order chi connectivity index (χ1) is 7.11. The second kappa shape index (κ2) is 3.68. The molecule has 4 nitrogen and oxygen atoms in total. The van der Waals surface area contributed by atoms with Crippen LogP contribution in [-0.4, -0.2) is 15.8 Å². The quantitative estimate of drug-likeness (QED) is 0.804. The number of hydrogen-bond acceptors (Lipinski definition) is 3. The van der Waals surface area contributed by atoms with Crippen molar-refractivity contribution in [3.05, 3.63) is 17.2 Å². The molecule has 0 amide bonds. The van der Waals surface area contributed by atoms with Crippen molar-refractivity contribution in [3.63, 3.8) is 0 Å². The number of nitrogens with one attached hydrogen (secondary N) is 1. The highest BCUT2D eigenvalue weighted by atomic mass is 15.3. The van der Waals surface area contributed by atoms with Gasteiger partial charge in [-0.3, -0.25) is 0 Å². The molecule has 0 bridgehead atoms. The molecule has 0 radical (unpaired) electrons. The molecule has 0 aromatic carbocycles. The Morgan fingerprint density at radius 2 is 2.07 bits per heavy atom. The zero-order valence-electron chi connectivity index (χ0n) is 9.78. The Balaban J connectivity index is 2.57. The molecular formula is C11H18N4. The zero-order chi connectivity index (χ0) is 11.0. The molecule has 1 aromatic rings. The summed E-state index contributed by atoms with van der Waals surface area (Å²) >= 11 is 0. The van der Waals surface area contributed by atoms with Crippen LogP contribution in [0, 0.1) is 0 Å². The molecule has 82 valence electrons. The third-order valence-corrected chi connectivity index (χ3v) is 2.61. The van der Waals surface area contributed by atoms with E-state index in [9.17, 15) is 0 Å². The van der Waals surface area contributed by atoms with Crippen LogP contribution in [0.4, 0.5) is 0 Å². The first kappa shape index (κ1) is 10.2. The van der Waals surface area contributed by atoms with Gasteiger partial charge in [0.05, 0.1) is 24.1 Å². The van der Waals surface area contributed by atoms with Crippen molar-refractivity contribution in [1.29, 1.82) is 0 Å². The van der Waals surface area contributed by atoms with Crippen molar-refractivity contribution in [1.82, 2.24) is 15.0 Å². The highest BCUT2D eigenvalue weighted by molar-refractivity contribution is 5.80. The van der Waals surface area contributed by atoms with E-state index in [2.05, 4.69) is 47.8 Å². The van der Waals surface area contributed by atoms with Crippen molar-refractivity contribution < 1.29 is 0 Å². The number of rotatable bonds is 2. The maximum atomic E-state index is 4.68. The highest BCUT2D eigenvalue weighted by Gasteiger charge is 2.20.